The summed E-state index contributed by atoms with van der Waals surface area (Å²) in [6.45, 7) is 4.10. The highest BCUT2D eigenvalue weighted by molar-refractivity contribution is 7.80. The summed E-state index contributed by atoms with van der Waals surface area (Å²) in [6.07, 6.45) is 0. The maximum absolute atomic E-state index is 6.28. The molecule has 7 nitrogen and oxygen atoms in total. The maximum atomic E-state index is 6.28. The molecule has 0 radical (unpaired) electrons. The first-order chi connectivity index (χ1) is 15.6. The van der Waals surface area contributed by atoms with Crippen LogP contribution in [0, 0.1) is 0 Å². The second-order valence-corrected chi connectivity index (χ2v) is 8.13. The molecule has 0 bridgehead atoms. The third-order valence-electron chi connectivity index (χ3n) is 5.24. The summed E-state index contributed by atoms with van der Waals surface area (Å²) in [5.74, 6) is 1.99. The summed E-state index contributed by atoms with van der Waals surface area (Å²) in [7, 11) is 1.65. The van der Waals surface area contributed by atoms with Gasteiger partial charge in [0.25, 0.3) is 0 Å². The zero-order valence-electron chi connectivity index (χ0n) is 17.8. The van der Waals surface area contributed by atoms with Gasteiger partial charge in [-0.25, -0.2) is 4.98 Å². The smallest absolute Gasteiger partial charge is 0.232 e. The summed E-state index contributed by atoms with van der Waals surface area (Å²) in [5.41, 5.74) is 2.32. The Morgan fingerprint density at radius 3 is 2.38 bits per heavy atom. The van der Waals surface area contributed by atoms with Crippen molar-refractivity contribution < 1.29 is 4.74 Å². The summed E-state index contributed by atoms with van der Waals surface area (Å²) in [6, 6.07) is 20.0. The number of ether oxygens (including phenoxy) is 1. The van der Waals surface area contributed by atoms with Crippen molar-refractivity contribution in [2.24, 2.45) is 0 Å². The standard InChI is InChI=1S/C23H25ClN6OS/c1-31-19-9-7-17(8-10-19)16-25-23(32)28-22-26-20(24)15-21(27-22)30-13-11-29(12-14-30)18-5-3-2-4-6-18/h2-10,15H,11-14,16H2,1H3,(H2,25,26,27,28,32). The molecule has 2 N–H and O–H groups in total. The third-order valence-corrected chi connectivity index (χ3v) is 5.68. The minimum Gasteiger partial charge on any atom is -0.497 e. The molecule has 1 aliphatic heterocycles. The molecule has 1 fully saturated rings. The van der Waals surface area contributed by atoms with Crippen LogP contribution in [0.2, 0.25) is 5.15 Å². The first kappa shape index (κ1) is 22.1. The van der Waals surface area contributed by atoms with Gasteiger partial charge < -0.3 is 25.2 Å². The van der Waals surface area contributed by atoms with Gasteiger partial charge in [0.05, 0.1) is 7.11 Å². The Morgan fingerprint density at radius 1 is 1.00 bits per heavy atom. The molecule has 0 spiro atoms. The number of piperazine rings is 1. The van der Waals surface area contributed by atoms with E-state index in [1.165, 1.54) is 5.69 Å². The first-order valence-electron chi connectivity index (χ1n) is 10.4. The quantitative estimate of drug-likeness (QED) is 0.416. The zero-order chi connectivity index (χ0) is 22.3. The Morgan fingerprint density at radius 2 is 1.69 bits per heavy atom. The molecule has 2 heterocycles. The SMILES string of the molecule is COc1ccc(CNC(=S)Nc2nc(Cl)cc(N3CCN(c4ccccc4)CC3)n2)cc1. The first-order valence-corrected chi connectivity index (χ1v) is 11.2. The largest absolute Gasteiger partial charge is 0.497 e. The van der Waals surface area contributed by atoms with Gasteiger partial charge in [-0.05, 0) is 42.0 Å². The molecule has 9 heteroatoms. The second kappa shape index (κ2) is 10.5. The van der Waals surface area contributed by atoms with Gasteiger partial charge in [-0.3, -0.25) is 0 Å². The second-order valence-electron chi connectivity index (χ2n) is 7.34. The van der Waals surface area contributed by atoms with Crippen molar-refractivity contribution in [1.29, 1.82) is 0 Å². The van der Waals surface area contributed by atoms with E-state index in [9.17, 15) is 0 Å². The monoisotopic (exact) mass is 468 g/mol. The molecule has 0 saturated carbocycles. The lowest BCUT2D eigenvalue weighted by atomic mass is 10.2. The Balaban J connectivity index is 1.33. The van der Waals surface area contributed by atoms with Gasteiger partial charge in [0.15, 0.2) is 5.11 Å². The van der Waals surface area contributed by atoms with E-state index >= 15 is 0 Å². The highest BCUT2D eigenvalue weighted by Crippen LogP contribution is 2.22. The van der Waals surface area contributed by atoms with Crippen LogP contribution in [0.4, 0.5) is 17.5 Å². The number of hydrogen-bond donors (Lipinski definition) is 2. The van der Waals surface area contributed by atoms with Crippen LogP contribution < -0.4 is 25.2 Å². The number of nitrogens with zero attached hydrogens (tertiary/aromatic N) is 4. The van der Waals surface area contributed by atoms with Gasteiger partial charge in [0.2, 0.25) is 5.95 Å². The molecule has 0 atom stereocenters. The number of hydrogen-bond acceptors (Lipinski definition) is 6. The maximum Gasteiger partial charge on any atom is 0.232 e. The Kier molecular flexibility index (Phi) is 7.24. The Bertz CT molecular complexity index is 1040. The fraction of sp³-hybridized carbons (Fsp3) is 0.261. The van der Waals surface area contributed by atoms with Gasteiger partial charge in [-0.15, -0.1) is 0 Å². The molecular formula is C23H25ClN6OS. The number of aromatic nitrogens is 2. The number of nitrogens with one attached hydrogen (secondary N) is 2. The summed E-state index contributed by atoms with van der Waals surface area (Å²) in [5, 5.41) is 7.01. The summed E-state index contributed by atoms with van der Waals surface area (Å²) in [4.78, 5) is 13.5. The van der Waals surface area contributed by atoms with Crippen LogP contribution in [0.3, 0.4) is 0 Å². The van der Waals surface area contributed by atoms with Crippen molar-refractivity contribution in [3.63, 3.8) is 0 Å². The summed E-state index contributed by atoms with van der Waals surface area (Å²) >= 11 is 11.7. The Labute approximate surface area is 198 Å². The van der Waals surface area contributed by atoms with Crippen LogP contribution in [0.25, 0.3) is 0 Å². The molecule has 0 unspecified atom stereocenters. The number of benzene rings is 2. The van der Waals surface area contributed by atoms with Gasteiger partial charge in [-0.2, -0.15) is 4.98 Å². The van der Waals surface area contributed by atoms with Gasteiger partial charge in [0, 0.05) is 44.5 Å². The van der Waals surface area contributed by atoms with Gasteiger partial charge in [0.1, 0.15) is 16.7 Å². The van der Waals surface area contributed by atoms with Crippen molar-refractivity contribution in [3.8, 4) is 5.75 Å². The molecular weight excluding hydrogens is 444 g/mol. The van der Waals surface area contributed by atoms with E-state index in [0.29, 0.717) is 22.8 Å². The van der Waals surface area contributed by atoms with Crippen LogP contribution in [0.15, 0.2) is 60.7 Å². The molecule has 0 aliphatic carbocycles. The number of halogens is 1. The molecule has 3 aromatic rings. The molecule has 1 saturated heterocycles. The molecule has 166 valence electrons. The lowest BCUT2D eigenvalue weighted by molar-refractivity contribution is 0.414. The Hall–Kier alpha value is -3.10. The zero-order valence-corrected chi connectivity index (χ0v) is 19.4. The van der Waals surface area contributed by atoms with Gasteiger partial charge >= 0.3 is 0 Å². The summed E-state index contributed by atoms with van der Waals surface area (Å²) < 4.78 is 5.18. The fourth-order valence-corrected chi connectivity index (χ4v) is 3.87. The molecule has 4 rings (SSSR count). The van der Waals surface area contributed by atoms with E-state index in [4.69, 9.17) is 28.6 Å². The highest BCUT2D eigenvalue weighted by Gasteiger charge is 2.19. The van der Waals surface area contributed by atoms with Crippen molar-refractivity contribution in [2.45, 2.75) is 6.54 Å². The number of methoxy groups -OCH3 is 1. The van der Waals surface area contributed by atoms with Crippen LogP contribution >= 0.6 is 23.8 Å². The van der Waals surface area contributed by atoms with E-state index in [-0.39, 0.29) is 0 Å². The lowest BCUT2D eigenvalue weighted by Gasteiger charge is -2.36. The molecule has 32 heavy (non-hydrogen) atoms. The molecule has 1 aromatic heterocycles. The third kappa shape index (κ3) is 5.77. The fourth-order valence-electron chi connectivity index (χ4n) is 3.53. The van der Waals surface area contributed by atoms with E-state index in [1.807, 2.05) is 30.3 Å². The molecule has 1 aliphatic rings. The van der Waals surface area contributed by atoms with Crippen molar-refractivity contribution in [3.05, 3.63) is 71.4 Å². The predicted molar refractivity (Wildman–Crippen MR) is 134 cm³/mol. The van der Waals surface area contributed by atoms with E-state index in [1.54, 1.807) is 13.2 Å². The van der Waals surface area contributed by atoms with E-state index < -0.39 is 0 Å². The van der Waals surface area contributed by atoms with Gasteiger partial charge in [-0.1, -0.05) is 41.9 Å². The van der Waals surface area contributed by atoms with Crippen molar-refractivity contribution in [1.82, 2.24) is 15.3 Å². The van der Waals surface area contributed by atoms with Crippen molar-refractivity contribution >= 4 is 46.4 Å². The molecule has 0 amide bonds. The minimum absolute atomic E-state index is 0.376. The average Bonchev–Trinajstić information content (AvgIpc) is 2.83. The number of para-hydroxylation sites is 1. The number of thiocarbonyl (C=S) groups is 1. The van der Waals surface area contributed by atoms with Crippen LogP contribution in [-0.2, 0) is 6.54 Å². The lowest BCUT2D eigenvalue weighted by Crippen LogP contribution is -2.46. The average molecular weight is 469 g/mol. The predicted octanol–water partition coefficient (Wildman–Crippen LogP) is 3.95. The normalized spacial score (nSPS) is 13.6. The van der Waals surface area contributed by atoms with Crippen LogP contribution in [0.5, 0.6) is 5.75 Å². The molecule has 2 aromatic carbocycles. The highest BCUT2D eigenvalue weighted by atomic mass is 35.5. The van der Waals surface area contributed by atoms with Crippen molar-refractivity contribution in [2.75, 3.05) is 48.4 Å². The van der Waals surface area contributed by atoms with Crippen LogP contribution in [0.1, 0.15) is 5.56 Å². The topological polar surface area (TPSA) is 65.6 Å². The minimum atomic E-state index is 0.376. The number of rotatable bonds is 6. The van der Waals surface area contributed by atoms with E-state index in [2.05, 4.69) is 54.7 Å². The number of anilines is 3. The van der Waals surface area contributed by atoms with E-state index in [0.717, 1.165) is 43.3 Å². The van der Waals surface area contributed by atoms with Crippen LogP contribution in [-0.4, -0.2) is 48.4 Å².